The summed E-state index contributed by atoms with van der Waals surface area (Å²) in [6.07, 6.45) is 2.41. The third kappa shape index (κ3) is 3.70. The van der Waals surface area contributed by atoms with Gasteiger partial charge in [-0.05, 0) is 19.8 Å². The van der Waals surface area contributed by atoms with Gasteiger partial charge in [0, 0.05) is 38.3 Å². The Morgan fingerprint density at radius 1 is 1.19 bits per heavy atom. The molecule has 0 saturated carbocycles. The van der Waals surface area contributed by atoms with Gasteiger partial charge in [0.25, 0.3) is 0 Å². The first-order valence-electron chi connectivity index (χ1n) is 6.41. The minimum Gasteiger partial charge on any atom is -0.380 e. The van der Waals surface area contributed by atoms with Crippen molar-refractivity contribution in [2.24, 2.45) is 0 Å². The Morgan fingerprint density at radius 2 is 2.00 bits per heavy atom. The van der Waals surface area contributed by atoms with Gasteiger partial charge in [0.05, 0.1) is 19.8 Å². The molecule has 2 aliphatic rings. The zero-order valence-corrected chi connectivity index (χ0v) is 10.3. The van der Waals surface area contributed by atoms with E-state index in [1.54, 1.807) is 0 Å². The van der Waals surface area contributed by atoms with E-state index in [1.165, 1.54) is 12.8 Å². The molecule has 2 heterocycles. The topological polar surface area (TPSA) is 33.7 Å². The van der Waals surface area contributed by atoms with E-state index < -0.39 is 0 Å². The Labute approximate surface area is 98.3 Å². The largest absolute Gasteiger partial charge is 0.380 e. The van der Waals surface area contributed by atoms with Gasteiger partial charge in [0.1, 0.15) is 0 Å². The minimum atomic E-state index is 0.199. The van der Waals surface area contributed by atoms with Gasteiger partial charge in [-0.3, -0.25) is 4.90 Å². The highest BCUT2D eigenvalue weighted by Gasteiger charge is 2.26. The molecule has 94 valence electrons. The van der Waals surface area contributed by atoms with Crippen molar-refractivity contribution in [1.29, 1.82) is 0 Å². The lowest BCUT2D eigenvalue weighted by atomic mass is 9.95. The Hall–Kier alpha value is -0.160. The Bertz CT molecular complexity index is 199. The van der Waals surface area contributed by atoms with E-state index in [4.69, 9.17) is 9.47 Å². The fraction of sp³-hybridized carbons (Fsp3) is 1.00. The molecule has 0 aromatic rings. The molecule has 2 rings (SSSR count). The lowest BCUT2D eigenvalue weighted by Crippen LogP contribution is -2.51. The Morgan fingerprint density at radius 3 is 2.69 bits per heavy atom. The van der Waals surface area contributed by atoms with Crippen molar-refractivity contribution < 1.29 is 9.47 Å². The summed E-state index contributed by atoms with van der Waals surface area (Å²) >= 11 is 0. The Balaban J connectivity index is 1.62. The highest BCUT2D eigenvalue weighted by Crippen LogP contribution is 2.17. The van der Waals surface area contributed by atoms with E-state index >= 15 is 0 Å². The zero-order valence-electron chi connectivity index (χ0n) is 10.3. The van der Waals surface area contributed by atoms with Crippen molar-refractivity contribution in [2.45, 2.75) is 25.3 Å². The van der Waals surface area contributed by atoms with Crippen LogP contribution in [0.15, 0.2) is 0 Å². The monoisotopic (exact) mass is 228 g/mol. The normalized spacial score (nSPS) is 32.8. The van der Waals surface area contributed by atoms with Gasteiger partial charge in [-0.2, -0.15) is 0 Å². The molecular weight excluding hydrogens is 204 g/mol. The summed E-state index contributed by atoms with van der Waals surface area (Å²) < 4.78 is 10.9. The zero-order chi connectivity index (χ0) is 11.3. The summed E-state index contributed by atoms with van der Waals surface area (Å²) in [4.78, 5) is 2.46. The van der Waals surface area contributed by atoms with Crippen LogP contribution in [-0.2, 0) is 9.47 Å². The van der Waals surface area contributed by atoms with Gasteiger partial charge < -0.3 is 14.8 Å². The maximum Gasteiger partial charge on any atom is 0.0645 e. The van der Waals surface area contributed by atoms with E-state index in [2.05, 4.69) is 17.1 Å². The maximum absolute atomic E-state index is 5.53. The average molecular weight is 228 g/mol. The molecule has 0 radical (unpaired) electrons. The second-order valence-corrected chi connectivity index (χ2v) is 5.10. The number of morpholine rings is 1. The maximum atomic E-state index is 5.53. The van der Waals surface area contributed by atoms with E-state index in [1.807, 2.05) is 0 Å². The van der Waals surface area contributed by atoms with Crippen LogP contribution < -0.4 is 5.32 Å². The van der Waals surface area contributed by atoms with Crippen molar-refractivity contribution in [3.05, 3.63) is 0 Å². The highest BCUT2D eigenvalue weighted by atomic mass is 16.5. The summed E-state index contributed by atoms with van der Waals surface area (Å²) in [6, 6.07) is 0. The first kappa shape index (κ1) is 12.3. The van der Waals surface area contributed by atoms with Gasteiger partial charge in [-0.15, -0.1) is 0 Å². The molecule has 0 aromatic heterocycles. The second kappa shape index (κ2) is 5.96. The summed E-state index contributed by atoms with van der Waals surface area (Å²) in [5.41, 5.74) is 0.199. The molecular formula is C12H24N2O2. The number of rotatable bonds is 4. The average Bonchev–Trinajstić information content (AvgIpc) is 2.31. The number of hydrogen-bond acceptors (Lipinski definition) is 4. The predicted molar refractivity (Wildman–Crippen MR) is 63.7 cm³/mol. The molecule has 0 aliphatic carbocycles. The van der Waals surface area contributed by atoms with Gasteiger partial charge in [-0.1, -0.05) is 0 Å². The molecule has 0 aromatic carbocycles. The third-order valence-corrected chi connectivity index (χ3v) is 3.52. The van der Waals surface area contributed by atoms with Gasteiger partial charge in [0.15, 0.2) is 0 Å². The summed E-state index contributed by atoms with van der Waals surface area (Å²) in [5.74, 6) is 0. The van der Waals surface area contributed by atoms with Gasteiger partial charge >= 0.3 is 0 Å². The van der Waals surface area contributed by atoms with E-state index in [0.717, 1.165) is 52.6 Å². The summed E-state index contributed by atoms with van der Waals surface area (Å²) in [6.45, 7) is 10.2. The number of nitrogens with zero attached hydrogens (tertiary/aromatic N) is 1. The van der Waals surface area contributed by atoms with E-state index in [9.17, 15) is 0 Å². The SMILES string of the molecule is CC1(NCCN2CCOCC2)CCCOC1. The Kier molecular flexibility index (Phi) is 4.58. The van der Waals surface area contributed by atoms with Crippen molar-refractivity contribution >= 4 is 0 Å². The van der Waals surface area contributed by atoms with Crippen LogP contribution in [0.25, 0.3) is 0 Å². The van der Waals surface area contributed by atoms with E-state index in [-0.39, 0.29) is 5.54 Å². The fourth-order valence-corrected chi connectivity index (χ4v) is 2.41. The molecule has 0 amide bonds. The standard InChI is InChI=1S/C12H24N2O2/c1-12(3-2-8-16-11-12)13-4-5-14-6-9-15-10-7-14/h13H,2-11H2,1H3. The molecule has 2 saturated heterocycles. The molecule has 4 nitrogen and oxygen atoms in total. The van der Waals surface area contributed by atoms with Gasteiger partial charge in [0.2, 0.25) is 0 Å². The number of hydrogen-bond donors (Lipinski definition) is 1. The number of ether oxygens (including phenoxy) is 2. The molecule has 2 fully saturated rings. The van der Waals surface area contributed by atoms with Crippen LogP contribution in [0.4, 0.5) is 0 Å². The highest BCUT2D eigenvalue weighted by molar-refractivity contribution is 4.85. The molecule has 1 atom stereocenters. The van der Waals surface area contributed by atoms with Crippen LogP contribution in [0, 0.1) is 0 Å². The molecule has 4 heteroatoms. The second-order valence-electron chi connectivity index (χ2n) is 5.10. The molecule has 0 spiro atoms. The van der Waals surface area contributed by atoms with Gasteiger partial charge in [-0.25, -0.2) is 0 Å². The van der Waals surface area contributed by atoms with Crippen molar-refractivity contribution in [3.63, 3.8) is 0 Å². The first-order chi connectivity index (χ1) is 7.79. The fourth-order valence-electron chi connectivity index (χ4n) is 2.41. The molecule has 1 N–H and O–H groups in total. The quantitative estimate of drug-likeness (QED) is 0.759. The third-order valence-electron chi connectivity index (χ3n) is 3.52. The van der Waals surface area contributed by atoms with E-state index in [0.29, 0.717) is 0 Å². The minimum absolute atomic E-state index is 0.199. The predicted octanol–water partition coefficient (Wildman–Crippen LogP) is 0.477. The number of nitrogens with one attached hydrogen (secondary N) is 1. The van der Waals surface area contributed by atoms with Crippen LogP contribution in [0.2, 0.25) is 0 Å². The summed E-state index contributed by atoms with van der Waals surface area (Å²) in [7, 11) is 0. The van der Waals surface area contributed by atoms with Crippen molar-refractivity contribution in [2.75, 3.05) is 52.6 Å². The smallest absolute Gasteiger partial charge is 0.0645 e. The van der Waals surface area contributed by atoms with Crippen molar-refractivity contribution in [1.82, 2.24) is 10.2 Å². The summed E-state index contributed by atoms with van der Waals surface area (Å²) in [5, 5.41) is 3.64. The van der Waals surface area contributed by atoms with Crippen LogP contribution in [0.3, 0.4) is 0 Å². The van der Waals surface area contributed by atoms with Crippen LogP contribution in [0.1, 0.15) is 19.8 Å². The molecule has 16 heavy (non-hydrogen) atoms. The molecule has 2 aliphatic heterocycles. The van der Waals surface area contributed by atoms with Crippen LogP contribution >= 0.6 is 0 Å². The molecule has 1 unspecified atom stereocenters. The first-order valence-corrected chi connectivity index (χ1v) is 6.41. The lowest BCUT2D eigenvalue weighted by molar-refractivity contribution is 0.0201. The lowest BCUT2D eigenvalue weighted by Gasteiger charge is -2.35. The molecule has 0 bridgehead atoms. The van der Waals surface area contributed by atoms with Crippen molar-refractivity contribution in [3.8, 4) is 0 Å². The van der Waals surface area contributed by atoms with Crippen LogP contribution in [-0.4, -0.2) is 63.0 Å². The van der Waals surface area contributed by atoms with Crippen LogP contribution in [0.5, 0.6) is 0 Å².